The molecule has 3 atom stereocenters. The lowest BCUT2D eigenvalue weighted by Crippen LogP contribution is -2.39. The second-order valence-electron chi connectivity index (χ2n) is 4.00. The van der Waals surface area contributed by atoms with Crippen LogP contribution in [0.15, 0.2) is 0 Å². The normalized spacial score (nSPS) is 12.3. The third-order valence-corrected chi connectivity index (χ3v) is 1.48. The van der Waals surface area contributed by atoms with E-state index in [2.05, 4.69) is 5.73 Å². The summed E-state index contributed by atoms with van der Waals surface area (Å²) in [6, 6.07) is -1.16. The van der Waals surface area contributed by atoms with Gasteiger partial charge >= 0.3 is 11.9 Å². The predicted octanol–water partition coefficient (Wildman–Crippen LogP) is -1.80. The fourth-order valence-corrected chi connectivity index (χ4v) is 0.381. The first-order chi connectivity index (χ1) is 10.2. The van der Waals surface area contributed by atoms with E-state index in [0.717, 1.165) is 6.92 Å². The molecule has 0 aromatic rings. The summed E-state index contributed by atoms with van der Waals surface area (Å²) in [5.74, 6) is -3.50. The molecule has 0 aliphatic heterocycles. The Morgan fingerprint density at radius 1 is 0.957 bits per heavy atom. The fourth-order valence-electron chi connectivity index (χ4n) is 0.381. The van der Waals surface area contributed by atoms with Crippen molar-refractivity contribution in [3.05, 3.63) is 0 Å². The van der Waals surface area contributed by atoms with Gasteiger partial charge in [0.05, 0.1) is 6.10 Å². The van der Waals surface area contributed by atoms with Gasteiger partial charge in [-0.3, -0.25) is 14.4 Å². The topological polar surface area (TPSA) is 221 Å². The number of aliphatic hydroxyl groups excluding tert-OH is 2. The molecule has 0 aliphatic carbocycles. The Hall–Kier alpha value is -2.24. The van der Waals surface area contributed by atoms with Gasteiger partial charge in [-0.05, 0) is 13.3 Å². The number of carbonyl (C=O) groups is 4. The lowest BCUT2D eigenvalue weighted by atomic mass is 10.2. The van der Waals surface area contributed by atoms with Crippen LogP contribution in [0.5, 0.6) is 0 Å². The summed E-state index contributed by atoms with van der Waals surface area (Å²) < 4.78 is 0. The first kappa shape index (κ1) is 28.9. The smallest absolute Gasteiger partial charge is 0.332 e. The van der Waals surface area contributed by atoms with Crippen molar-refractivity contribution in [1.29, 1.82) is 0 Å². The average molecular weight is 342 g/mol. The first-order valence-electron chi connectivity index (χ1n) is 6.23. The number of carbonyl (C=O) groups excluding carboxylic acids is 1. The Morgan fingerprint density at radius 3 is 1.22 bits per heavy atom. The van der Waals surface area contributed by atoms with Crippen molar-refractivity contribution in [3.63, 3.8) is 0 Å². The summed E-state index contributed by atoms with van der Waals surface area (Å²) >= 11 is 0. The third-order valence-electron chi connectivity index (χ3n) is 1.48. The summed E-state index contributed by atoms with van der Waals surface area (Å²) in [6.45, 7) is 5.33. The Labute approximate surface area is 133 Å². The van der Waals surface area contributed by atoms with E-state index in [1.807, 2.05) is 0 Å². The van der Waals surface area contributed by atoms with Crippen LogP contribution in [-0.4, -0.2) is 67.6 Å². The number of carboxylic acid groups (broad SMARTS) is 3. The van der Waals surface area contributed by atoms with Crippen LogP contribution in [0.3, 0.4) is 0 Å². The molecule has 0 spiro atoms. The van der Waals surface area contributed by atoms with Gasteiger partial charge in [0.1, 0.15) is 6.04 Å². The van der Waals surface area contributed by atoms with Gasteiger partial charge in [0.2, 0.25) is 5.91 Å². The van der Waals surface area contributed by atoms with Crippen LogP contribution in [-0.2, 0) is 19.2 Å². The maximum absolute atomic E-state index is 9.86. The molecule has 1 amide bonds. The summed E-state index contributed by atoms with van der Waals surface area (Å²) in [4.78, 5) is 37.8. The number of primary amides is 1. The lowest BCUT2D eigenvalue weighted by molar-refractivity contribution is -0.146. The van der Waals surface area contributed by atoms with Crippen molar-refractivity contribution in [2.45, 2.75) is 52.4 Å². The predicted molar refractivity (Wildman–Crippen MR) is 79.4 cm³/mol. The zero-order valence-electron chi connectivity index (χ0n) is 13.5. The van der Waals surface area contributed by atoms with E-state index in [9.17, 15) is 14.4 Å². The molecule has 1 unspecified atom stereocenters. The van der Waals surface area contributed by atoms with Crippen LogP contribution >= 0.6 is 0 Å². The molecule has 23 heavy (non-hydrogen) atoms. The fraction of sp³-hybridized carbons (Fsp3) is 0.667. The highest BCUT2D eigenvalue weighted by atomic mass is 16.4. The SMILES string of the molecule is CC(=O)O.CC(N)=O.CCC(O)C(=O)O.C[C@@H](O)[C@H](N)C(=O)O. The quantitative estimate of drug-likeness (QED) is 0.303. The minimum absolute atomic E-state index is 0.273. The lowest BCUT2D eigenvalue weighted by Gasteiger charge is -2.06. The van der Waals surface area contributed by atoms with E-state index in [0.29, 0.717) is 0 Å². The Morgan fingerprint density at radius 2 is 1.22 bits per heavy atom. The zero-order chi connectivity index (χ0) is 19.7. The van der Waals surface area contributed by atoms with Gasteiger partial charge in [0.25, 0.3) is 5.97 Å². The molecule has 11 heteroatoms. The molecule has 0 rings (SSSR count). The standard InChI is InChI=1S/C4H9NO3.C4H8O3.C2H5NO.C2H4O2/c1-2(6)3(5)4(7)8;1-2-3(5)4(6)7;2*1-2(3)4/h2-3,6H,5H2,1H3,(H,7,8);3,5H,2H2,1H3,(H,6,7);1H3,(H2,3,4);1H3,(H,3,4)/t2-,3+;;;/m1.../s1. The van der Waals surface area contributed by atoms with E-state index in [4.69, 9.17) is 36.1 Å². The van der Waals surface area contributed by atoms with E-state index in [-0.39, 0.29) is 12.3 Å². The molecule has 0 aromatic heterocycles. The Bertz CT molecular complexity index is 338. The highest BCUT2D eigenvalue weighted by molar-refractivity contribution is 5.73. The molecule has 0 fully saturated rings. The number of amides is 1. The van der Waals surface area contributed by atoms with Gasteiger partial charge in [-0.1, -0.05) is 6.92 Å². The Kier molecular flexibility index (Phi) is 22.3. The molecule has 0 aromatic carbocycles. The molecule has 0 radical (unpaired) electrons. The Balaban J connectivity index is -0.000000110. The molecule has 138 valence electrons. The largest absolute Gasteiger partial charge is 0.481 e. The molecule has 0 saturated heterocycles. The van der Waals surface area contributed by atoms with E-state index in [1.54, 1.807) is 6.92 Å². The maximum Gasteiger partial charge on any atom is 0.332 e. The van der Waals surface area contributed by atoms with E-state index >= 15 is 0 Å². The molecule has 11 nitrogen and oxygen atoms in total. The highest BCUT2D eigenvalue weighted by Crippen LogP contribution is 1.86. The number of nitrogens with two attached hydrogens (primary N) is 2. The minimum atomic E-state index is -1.18. The van der Waals surface area contributed by atoms with Crippen molar-refractivity contribution in [3.8, 4) is 0 Å². The summed E-state index contributed by atoms with van der Waals surface area (Å²) in [7, 11) is 0. The number of rotatable bonds is 4. The summed E-state index contributed by atoms with van der Waals surface area (Å²) in [6.07, 6.45) is -1.89. The van der Waals surface area contributed by atoms with Gasteiger partial charge in [-0.25, -0.2) is 4.79 Å². The van der Waals surface area contributed by atoms with Crippen LogP contribution in [0.1, 0.15) is 34.1 Å². The van der Waals surface area contributed by atoms with Gasteiger partial charge < -0.3 is 37.0 Å². The monoisotopic (exact) mass is 342 g/mol. The summed E-state index contributed by atoms with van der Waals surface area (Å²) in [5.41, 5.74) is 9.38. The average Bonchev–Trinajstić information content (AvgIpc) is 2.35. The molecule has 0 heterocycles. The number of aliphatic carboxylic acids is 3. The molecule has 0 saturated carbocycles. The van der Waals surface area contributed by atoms with Crippen LogP contribution in [0.4, 0.5) is 0 Å². The van der Waals surface area contributed by atoms with Gasteiger partial charge in [-0.15, -0.1) is 0 Å². The maximum atomic E-state index is 9.86. The number of hydrogen-bond donors (Lipinski definition) is 7. The number of carboxylic acids is 3. The summed E-state index contributed by atoms with van der Waals surface area (Å²) in [5, 5.41) is 40.2. The minimum Gasteiger partial charge on any atom is -0.481 e. The van der Waals surface area contributed by atoms with Crippen molar-refractivity contribution < 1.29 is 44.7 Å². The van der Waals surface area contributed by atoms with Crippen LogP contribution in [0.2, 0.25) is 0 Å². The van der Waals surface area contributed by atoms with Crippen molar-refractivity contribution in [2.75, 3.05) is 0 Å². The number of hydrogen-bond acceptors (Lipinski definition) is 7. The van der Waals surface area contributed by atoms with Crippen molar-refractivity contribution in [2.24, 2.45) is 11.5 Å². The van der Waals surface area contributed by atoms with E-state index in [1.165, 1.54) is 13.8 Å². The molecular formula is C12H26N2O9. The second-order valence-corrected chi connectivity index (χ2v) is 4.00. The third kappa shape index (κ3) is 45.1. The molecule has 9 N–H and O–H groups in total. The molecular weight excluding hydrogens is 316 g/mol. The van der Waals surface area contributed by atoms with Crippen LogP contribution < -0.4 is 11.5 Å². The van der Waals surface area contributed by atoms with E-state index < -0.39 is 36.2 Å². The van der Waals surface area contributed by atoms with Crippen molar-refractivity contribution in [1.82, 2.24) is 0 Å². The van der Waals surface area contributed by atoms with Gasteiger partial charge in [0, 0.05) is 13.8 Å². The molecule has 0 bridgehead atoms. The molecule has 0 aliphatic rings. The second kappa shape index (κ2) is 17.8. The first-order valence-corrected chi connectivity index (χ1v) is 6.23. The van der Waals surface area contributed by atoms with Crippen LogP contribution in [0.25, 0.3) is 0 Å². The zero-order valence-corrected chi connectivity index (χ0v) is 13.5. The number of aliphatic hydroxyl groups is 2. The van der Waals surface area contributed by atoms with Crippen molar-refractivity contribution >= 4 is 23.8 Å². The van der Waals surface area contributed by atoms with Gasteiger partial charge in [0.15, 0.2) is 6.10 Å². The van der Waals surface area contributed by atoms with Gasteiger partial charge in [-0.2, -0.15) is 0 Å². The highest BCUT2D eigenvalue weighted by Gasteiger charge is 2.16. The van der Waals surface area contributed by atoms with Crippen LogP contribution in [0, 0.1) is 0 Å².